The van der Waals surface area contributed by atoms with Crippen molar-refractivity contribution in [1.29, 1.82) is 0 Å². The molecular formula is C26H26N4O4S4. The lowest BCUT2D eigenvalue weighted by molar-refractivity contribution is 0.476. The largest absolute Gasteiger partial charge is 0.243 e. The molecule has 0 saturated carbocycles. The van der Waals surface area contributed by atoms with Gasteiger partial charge in [-0.2, -0.15) is 8.61 Å². The van der Waals surface area contributed by atoms with Gasteiger partial charge in [0.25, 0.3) is 0 Å². The van der Waals surface area contributed by atoms with Crippen LogP contribution in [0.3, 0.4) is 0 Å². The highest BCUT2D eigenvalue weighted by atomic mass is 32.2. The molecule has 2 saturated heterocycles. The first kappa shape index (κ1) is 25.8. The van der Waals surface area contributed by atoms with Gasteiger partial charge in [-0.05, 0) is 49.9 Å². The Hall–Kier alpha value is -2.48. The van der Waals surface area contributed by atoms with E-state index in [1.807, 2.05) is 10.8 Å². The lowest BCUT2D eigenvalue weighted by Gasteiger charge is -2.15. The molecule has 2 aromatic heterocycles. The molecule has 0 aliphatic carbocycles. The molecule has 4 heterocycles. The van der Waals surface area contributed by atoms with Gasteiger partial charge in [-0.3, -0.25) is 0 Å². The Balaban J connectivity index is 1.18. The average molecular weight is 587 g/mol. The summed E-state index contributed by atoms with van der Waals surface area (Å²) in [5, 5.41) is 5.44. The summed E-state index contributed by atoms with van der Waals surface area (Å²) in [4.78, 5) is 10.1. The highest BCUT2D eigenvalue weighted by Gasteiger charge is 2.28. The molecule has 0 unspecified atom stereocenters. The van der Waals surface area contributed by atoms with Crippen molar-refractivity contribution in [3.05, 3.63) is 59.3 Å². The fourth-order valence-electron chi connectivity index (χ4n) is 4.76. The average Bonchev–Trinajstić information content (AvgIpc) is 3.76. The minimum absolute atomic E-state index is 0.308. The van der Waals surface area contributed by atoms with Crippen molar-refractivity contribution in [2.24, 2.45) is 0 Å². The van der Waals surface area contributed by atoms with Crippen molar-refractivity contribution in [3.8, 4) is 32.5 Å². The number of aromatic nitrogens is 2. The summed E-state index contributed by atoms with van der Waals surface area (Å²) < 4.78 is 54.3. The molecule has 0 amide bonds. The van der Waals surface area contributed by atoms with E-state index in [0.29, 0.717) is 36.0 Å². The second-order valence-corrected chi connectivity index (χ2v) is 14.9. The summed E-state index contributed by atoms with van der Waals surface area (Å²) in [6.07, 6.45) is 3.62. The molecule has 0 atom stereocenters. The van der Waals surface area contributed by atoms with Crippen LogP contribution in [0.25, 0.3) is 32.5 Å². The molecule has 198 valence electrons. The first-order valence-corrected chi connectivity index (χ1v) is 17.1. The molecule has 6 rings (SSSR count). The van der Waals surface area contributed by atoms with E-state index < -0.39 is 20.0 Å². The van der Waals surface area contributed by atoms with E-state index in [9.17, 15) is 16.8 Å². The van der Waals surface area contributed by atoms with Crippen molar-refractivity contribution < 1.29 is 16.8 Å². The maximum atomic E-state index is 12.8. The second kappa shape index (κ2) is 10.2. The monoisotopic (exact) mass is 586 g/mol. The molecule has 38 heavy (non-hydrogen) atoms. The van der Waals surface area contributed by atoms with Gasteiger partial charge in [0.15, 0.2) is 10.0 Å². The summed E-state index contributed by atoms with van der Waals surface area (Å²) in [7, 11) is -6.89. The van der Waals surface area contributed by atoms with Gasteiger partial charge in [-0.15, -0.1) is 22.7 Å². The summed E-state index contributed by atoms with van der Waals surface area (Å²) >= 11 is 2.96. The van der Waals surface area contributed by atoms with Crippen molar-refractivity contribution in [3.63, 3.8) is 0 Å². The van der Waals surface area contributed by atoms with Gasteiger partial charge in [0.05, 0.1) is 21.2 Å². The van der Waals surface area contributed by atoms with Crippen molar-refractivity contribution in [2.75, 3.05) is 26.2 Å². The summed E-state index contributed by atoms with van der Waals surface area (Å²) in [6, 6.07) is 13.8. The van der Waals surface area contributed by atoms with E-state index in [-0.39, 0.29) is 0 Å². The molecule has 2 aliphatic rings. The normalized spacial score (nSPS) is 17.4. The van der Waals surface area contributed by atoms with Gasteiger partial charge < -0.3 is 0 Å². The van der Waals surface area contributed by atoms with Crippen LogP contribution in [0.5, 0.6) is 0 Å². The summed E-state index contributed by atoms with van der Waals surface area (Å²) in [6.45, 7) is 2.32. The van der Waals surface area contributed by atoms with Crippen LogP contribution in [0.4, 0.5) is 0 Å². The van der Waals surface area contributed by atoms with Crippen LogP contribution >= 0.6 is 22.7 Å². The minimum atomic E-state index is -3.44. The van der Waals surface area contributed by atoms with Crippen molar-refractivity contribution in [2.45, 2.75) is 35.5 Å². The molecule has 4 aromatic rings. The minimum Gasteiger partial charge on any atom is -0.233 e. The Morgan fingerprint density at radius 3 is 1.24 bits per heavy atom. The lowest BCUT2D eigenvalue weighted by Crippen LogP contribution is -2.27. The Bertz CT molecular complexity index is 1520. The third-order valence-corrected chi connectivity index (χ3v) is 12.6. The van der Waals surface area contributed by atoms with Crippen LogP contribution in [0, 0.1) is 0 Å². The molecule has 2 aromatic carbocycles. The standard InChI is InChI=1S/C26H26N4O4S4/c31-37(32,29-13-1-2-14-29)21-9-5-19(6-10-21)23-17-35-25(27-23)26-28-24(18-36-26)20-7-11-22(12-8-20)38(33,34)30-15-3-4-16-30/h5-12,17-18H,1-4,13-16H2. The number of thiazole rings is 2. The maximum absolute atomic E-state index is 12.8. The molecule has 0 bridgehead atoms. The molecule has 2 aliphatic heterocycles. The van der Waals surface area contributed by atoms with Crippen LogP contribution in [0.15, 0.2) is 69.1 Å². The molecule has 0 radical (unpaired) electrons. The van der Waals surface area contributed by atoms with Crippen molar-refractivity contribution in [1.82, 2.24) is 18.6 Å². The Labute approximate surface area is 230 Å². The molecule has 8 nitrogen and oxygen atoms in total. The predicted octanol–water partition coefficient (Wildman–Crippen LogP) is 5.17. The highest BCUT2D eigenvalue weighted by Crippen LogP contribution is 2.34. The first-order valence-electron chi connectivity index (χ1n) is 12.4. The number of benzene rings is 2. The van der Waals surface area contributed by atoms with Gasteiger partial charge in [0, 0.05) is 48.1 Å². The number of hydrogen-bond acceptors (Lipinski definition) is 8. The van der Waals surface area contributed by atoms with Gasteiger partial charge in [0.2, 0.25) is 20.0 Å². The van der Waals surface area contributed by atoms with Crippen LogP contribution in [0.2, 0.25) is 0 Å². The third-order valence-electron chi connectivity index (χ3n) is 6.90. The summed E-state index contributed by atoms with van der Waals surface area (Å²) in [5.74, 6) is 0. The van der Waals surface area contributed by atoms with Gasteiger partial charge in [-0.25, -0.2) is 26.8 Å². The number of nitrogens with zero attached hydrogens (tertiary/aromatic N) is 4. The number of sulfonamides is 2. The van der Waals surface area contributed by atoms with Gasteiger partial charge >= 0.3 is 0 Å². The van der Waals surface area contributed by atoms with Crippen LogP contribution < -0.4 is 0 Å². The SMILES string of the molecule is O=S(=O)(c1ccc(-c2csc(-c3nc(-c4ccc(S(=O)(=O)N5CCCC5)cc4)cs3)n2)cc1)N1CCCC1. The fraction of sp³-hybridized carbons (Fsp3) is 0.308. The van der Waals surface area contributed by atoms with Crippen LogP contribution in [-0.4, -0.2) is 61.6 Å². The third kappa shape index (κ3) is 4.85. The fourth-order valence-corrected chi connectivity index (χ4v) is 9.50. The maximum Gasteiger partial charge on any atom is 0.243 e. The number of hydrogen-bond donors (Lipinski definition) is 0. The second-order valence-electron chi connectivity index (χ2n) is 9.35. The van der Waals surface area contributed by atoms with E-state index in [2.05, 4.69) is 0 Å². The zero-order chi connectivity index (χ0) is 26.3. The van der Waals surface area contributed by atoms with Gasteiger partial charge in [0.1, 0.15) is 0 Å². The van der Waals surface area contributed by atoms with E-state index >= 15 is 0 Å². The van der Waals surface area contributed by atoms with Crippen molar-refractivity contribution >= 4 is 42.7 Å². The number of rotatable bonds is 7. The zero-order valence-electron chi connectivity index (χ0n) is 20.5. The smallest absolute Gasteiger partial charge is 0.233 e. The molecule has 0 spiro atoms. The van der Waals surface area contributed by atoms with E-state index in [1.54, 1.807) is 57.1 Å². The van der Waals surface area contributed by atoms with E-state index in [1.165, 1.54) is 22.7 Å². The van der Waals surface area contributed by atoms with Crippen LogP contribution in [0.1, 0.15) is 25.7 Å². The Morgan fingerprint density at radius 1 is 0.553 bits per heavy atom. The molecular weight excluding hydrogens is 561 g/mol. The van der Waals surface area contributed by atoms with Gasteiger partial charge in [-0.1, -0.05) is 24.3 Å². The Morgan fingerprint density at radius 2 is 0.895 bits per heavy atom. The highest BCUT2D eigenvalue weighted by molar-refractivity contribution is 7.89. The predicted molar refractivity (Wildman–Crippen MR) is 150 cm³/mol. The zero-order valence-corrected chi connectivity index (χ0v) is 23.8. The van der Waals surface area contributed by atoms with E-state index in [4.69, 9.17) is 9.97 Å². The molecule has 0 N–H and O–H groups in total. The first-order chi connectivity index (χ1) is 18.3. The lowest BCUT2D eigenvalue weighted by atomic mass is 10.2. The molecule has 12 heteroatoms. The van der Waals surface area contributed by atoms with Crippen LogP contribution in [-0.2, 0) is 20.0 Å². The van der Waals surface area contributed by atoms with E-state index in [0.717, 1.165) is 58.2 Å². The summed E-state index contributed by atoms with van der Waals surface area (Å²) in [5.41, 5.74) is 3.23. The molecule has 2 fully saturated rings. The topological polar surface area (TPSA) is 101 Å². The Kier molecular flexibility index (Phi) is 6.95. The quantitative estimate of drug-likeness (QED) is 0.296.